The number of rotatable bonds is 3. The number of hydrogen-bond acceptors (Lipinski definition) is 2. The average molecular weight is 245 g/mol. The standard InChI is InChI=1S/C12H14F3NO/c13-12(14,15)10-1-3-11(4-2-10)16-7-9-5-6-17-8-9/h1-4,9,16H,5-8H2. The lowest BCUT2D eigenvalue weighted by Gasteiger charge is -2.12. The predicted octanol–water partition coefficient (Wildman–Crippen LogP) is 3.15. The lowest BCUT2D eigenvalue weighted by atomic mass is 10.1. The largest absolute Gasteiger partial charge is 0.416 e. The molecular weight excluding hydrogens is 231 g/mol. The van der Waals surface area contributed by atoms with Gasteiger partial charge in [-0.3, -0.25) is 0 Å². The van der Waals surface area contributed by atoms with E-state index in [2.05, 4.69) is 5.32 Å². The molecule has 2 rings (SSSR count). The minimum Gasteiger partial charge on any atom is -0.385 e. The fourth-order valence-corrected chi connectivity index (χ4v) is 1.78. The Morgan fingerprint density at radius 1 is 1.24 bits per heavy atom. The first-order chi connectivity index (χ1) is 8.05. The molecule has 1 atom stereocenters. The van der Waals surface area contributed by atoms with E-state index >= 15 is 0 Å². The quantitative estimate of drug-likeness (QED) is 0.883. The van der Waals surface area contributed by atoms with E-state index in [0.29, 0.717) is 11.6 Å². The highest BCUT2D eigenvalue weighted by molar-refractivity contribution is 5.45. The zero-order valence-corrected chi connectivity index (χ0v) is 9.26. The number of nitrogens with one attached hydrogen (secondary N) is 1. The van der Waals surface area contributed by atoms with Gasteiger partial charge in [-0.2, -0.15) is 13.2 Å². The zero-order valence-electron chi connectivity index (χ0n) is 9.26. The summed E-state index contributed by atoms with van der Waals surface area (Å²) < 4.78 is 42.2. The third kappa shape index (κ3) is 3.36. The van der Waals surface area contributed by atoms with Crippen LogP contribution in [-0.4, -0.2) is 19.8 Å². The van der Waals surface area contributed by atoms with Crippen molar-refractivity contribution >= 4 is 5.69 Å². The van der Waals surface area contributed by atoms with Crippen LogP contribution in [0.5, 0.6) is 0 Å². The van der Waals surface area contributed by atoms with Gasteiger partial charge in [0.05, 0.1) is 12.2 Å². The summed E-state index contributed by atoms with van der Waals surface area (Å²) in [6.07, 6.45) is -3.26. The van der Waals surface area contributed by atoms with E-state index in [4.69, 9.17) is 4.74 Å². The Morgan fingerprint density at radius 2 is 1.94 bits per heavy atom. The summed E-state index contributed by atoms with van der Waals surface area (Å²) >= 11 is 0. The van der Waals surface area contributed by atoms with Gasteiger partial charge in [0.25, 0.3) is 0 Å². The summed E-state index contributed by atoms with van der Waals surface area (Å²) in [4.78, 5) is 0. The van der Waals surface area contributed by atoms with E-state index in [-0.39, 0.29) is 0 Å². The Hall–Kier alpha value is -1.23. The number of benzene rings is 1. The summed E-state index contributed by atoms with van der Waals surface area (Å²) in [6, 6.07) is 5.10. The Labute approximate surface area is 97.8 Å². The minimum atomic E-state index is -4.27. The molecule has 0 radical (unpaired) electrons. The number of anilines is 1. The molecule has 0 aliphatic carbocycles. The first-order valence-corrected chi connectivity index (χ1v) is 5.54. The Bertz CT molecular complexity index is 355. The molecule has 1 N–H and O–H groups in total. The van der Waals surface area contributed by atoms with Crippen LogP contribution in [-0.2, 0) is 10.9 Å². The second kappa shape index (κ2) is 4.96. The predicted molar refractivity (Wildman–Crippen MR) is 58.9 cm³/mol. The second-order valence-electron chi connectivity index (χ2n) is 4.19. The van der Waals surface area contributed by atoms with Crippen molar-refractivity contribution in [1.29, 1.82) is 0 Å². The molecule has 1 aromatic carbocycles. The van der Waals surface area contributed by atoms with E-state index < -0.39 is 11.7 Å². The van der Waals surface area contributed by atoms with Crippen LogP contribution in [0.25, 0.3) is 0 Å². The minimum absolute atomic E-state index is 0.456. The number of halogens is 3. The van der Waals surface area contributed by atoms with Gasteiger partial charge in [0.1, 0.15) is 0 Å². The monoisotopic (exact) mass is 245 g/mol. The highest BCUT2D eigenvalue weighted by atomic mass is 19.4. The average Bonchev–Trinajstić information content (AvgIpc) is 2.78. The summed E-state index contributed by atoms with van der Waals surface area (Å²) in [5.41, 5.74) is 0.0946. The molecule has 1 aliphatic heterocycles. The molecule has 5 heteroatoms. The first kappa shape index (κ1) is 12.2. The normalized spacial score (nSPS) is 20.5. The van der Waals surface area contributed by atoms with Crippen LogP contribution < -0.4 is 5.32 Å². The fourth-order valence-electron chi connectivity index (χ4n) is 1.78. The van der Waals surface area contributed by atoms with Crippen molar-refractivity contribution in [1.82, 2.24) is 0 Å². The third-order valence-corrected chi connectivity index (χ3v) is 2.83. The van der Waals surface area contributed by atoms with Crippen molar-refractivity contribution in [2.75, 3.05) is 25.1 Å². The van der Waals surface area contributed by atoms with Gasteiger partial charge >= 0.3 is 6.18 Å². The zero-order chi connectivity index (χ0) is 12.3. The van der Waals surface area contributed by atoms with Gasteiger partial charge in [-0.15, -0.1) is 0 Å². The molecular formula is C12H14F3NO. The molecule has 94 valence electrons. The molecule has 0 spiro atoms. The van der Waals surface area contributed by atoms with E-state index in [9.17, 15) is 13.2 Å². The number of ether oxygens (including phenoxy) is 1. The third-order valence-electron chi connectivity index (χ3n) is 2.83. The van der Waals surface area contributed by atoms with E-state index in [1.165, 1.54) is 12.1 Å². The van der Waals surface area contributed by atoms with Crippen LogP contribution in [0.1, 0.15) is 12.0 Å². The van der Waals surface area contributed by atoms with Gasteiger partial charge in [0, 0.05) is 24.8 Å². The highest BCUT2D eigenvalue weighted by Crippen LogP contribution is 2.29. The van der Waals surface area contributed by atoms with Gasteiger partial charge in [-0.25, -0.2) is 0 Å². The van der Waals surface area contributed by atoms with Gasteiger partial charge < -0.3 is 10.1 Å². The van der Waals surface area contributed by atoms with E-state index in [1.54, 1.807) is 0 Å². The number of hydrogen-bond donors (Lipinski definition) is 1. The van der Waals surface area contributed by atoms with E-state index in [1.807, 2.05) is 0 Å². The molecule has 1 saturated heterocycles. The summed E-state index contributed by atoms with van der Waals surface area (Å²) in [5.74, 6) is 0.456. The lowest BCUT2D eigenvalue weighted by Crippen LogP contribution is -2.14. The summed E-state index contributed by atoms with van der Waals surface area (Å²) in [5, 5.41) is 3.12. The van der Waals surface area contributed by atoms with Crippen LogP contribution in [0, 0.1) is 5.92 Å². The molecule has 17 heavy (non-hydrogen) atoms. The topological polar surface area (TPSA) is 21.3 Å². The van der Waals surface area contributed by atoms with Gasteiger partial charge in [-0.1, -0.05) is 0 Å². The van der Waals surface area contributed by atoms with Gasteiger partial charge in [0.2, 0.25) is 0 Å². The Balaban J connectivity index is 1.89. The summed E-state index contributed by atoms with van der Waals surface area (Å²) in [6.45, 7) is 2.25. The van der Waals surface area contributed by atoms with Crippen molar-refractivity contribution in [2.45, 2.75) is 12.6 Å². The molecule has 1 aromatic rings. The van der Waals surface area contributed by atoms with Gasteiger partial charge in [0.15, 0.2) is 0 Å². The molecule has 0 amide bonds. The Morgan fingerprint density at radius 3 is 2.47 bits per heavy atom. The van der Waals surface area contributed by atoms with E-state index in [0.717, 1.165) is 38.3 Å². The maximum absolute atomic E-state index is 12.3. The maximum Gasteiger partial charge on any atom is 0.416 e. The van der Waals surface area contributed by atoms with Crippen molar-refractivity contribution in [3.05, 3.63) is 29.8 Å². The van der Waals surface area contributed by atoms with Gasteiger partial charge in [-0.05, 0) is 30.7 Å². The fraction of sp³-hybridized carbons (Fsp3) is 0.500. The first-order valence-electron chi connectivity index (χ1n) is 5.54. The molecule has 0 saturated carbocycles. The van der Waals surface area contributed by atoms with Crippen molar-refractivity contribution in [3.63, 3.8) is 0 Å². The molecule has 0 aromatic heterocycles. The van der Waals surface area contributed by atoms with Crippen molar-refractivity contribution < 1.29 is 17.9 Å². The van der Waals surface area contributed by atoms with Crippen molar-refractivity contribution in [3.8, 4) is 0 Å². The molecule has 1 unspecified atom stereocenters. The molecule has 1 heterocycles. The van der Waals surface area contributed by atoms with Crippen LogP contribution >= 0.6 is 0 Å². The maximum atomic E-state index is 12.3. The number of alkyl halides is 3. The summed E-state index contributed by atoms with van der Waals surface area (Å²) in [7, 11) is 0. The Kier molecular flexibility index (Phi) is 3.57. The molecule has 2 nitrogen and oxygen atoms in total. The molecule has 1 aliphatic rings. The van der Waals surface area contributed by atoms with Crippen LogP contribution in [0.15, 0.2) is 24.3 Å². The molecule has 1 fully saturated rings. The molecule has 0 bridgehead atoms. The van der Waals surface area contributed by atoms with Crippen LogP contribution in [0.4, 0.5) is 18.9 Å². The lowest BCUT2D eigenvalue weighted by molar-refractivity contribution is -0.137. The van der Waals surface area contributed by atoms with Crippen LogP contribution in [0.2, 0.25) is 0 Å². The van der Waals surface area contributed by atoms with Crippen molar-refractivity contribution in [2.24, 2.45) is 5.92 Å². The second-order valence-corrected chi connectivity index (χ2v) is 4.19. The highest BCUT2D eigenvalue weighted by Gasteiger charge is 2.29. The smallest absolute Gasteiger partial charge is 0.385 e. The SMILES string of the molecule is FC(F)(F)c1ccc(NCC2CCOC2)cc1. The van der Waals surface area contributed by atoms with Crippen LogP contribution in [0.3, 0.4) is 0 Å².